The predicted molar refractivity (Wildman–Crippen MR) is 138 cm³/mol. The molecule has 0 bridgehead atoms. The molecule has 1 N–H and O–H groups in total. The van der Waals surface area contributed by atoms with Crippen LogP contribution in [0.15, 0.2) is 48.5 Å². The Morgan fingerprint density at radius 1 is 1.09 bits per heavy atom. The first-order valence-corrected chi connectivity index (χ1v) is 12.4. The number of nitrogens with zero attached hydrogens (tertiary/aromatic N) is 3. The summed E-state index contributed by atoms with van der Waals surface area (Å²) in [6.07, 6.45) is 1.44. The van der Waals surface area contributed by atoms with E-state index in [1.165, 1.54) is 0 Å². The van der Waals surface area contributed by atoms with Gasteiger partial charge in [-0.25, -0.2) is 0 Å². The van der Waals surface area contributed by atoms with Crippen LogP contribution in [-0.2, 0) is 20.9 Å². The number of thiocarbonyl (C=S) groups is 1. The number of hydrogen-bond acceptors (Lipinski definition) is 5. The quantitative estimate of drug-likeness (QED) is 0.537. The van der Waals surface area contributed by atoms with Crippen LogP contribution in [-0.4, -0.2) is 58.4 Å². The van der Waals surface area contributed by atoms with Crippen molar-refractivity contribution in [3.63, 3.8) is 0 Å². The molecule has 9 heteroatoms. The first-order valence-electron chi connectivity index (χ1n) is 11.9. The fourth-order valence-corrected chi connectivity index (χ4v) is 4.86. The smallest absolute Gasteiger partial charge is 0.252 e. The minimum absolute atomic E-state index is 0.0109. The molecule has 2 saturated heterocycles. The molecule has 0 aromatic heterocycles. The number of carbonyl (C=O) groups excluding carboxylic acids is 3. The summed E-state index contributed by atoms with van der Waals surface area (Å²) in [7, 11) is 0. The van der Waals surface area contributed by atoms with E-state index in [0.717, 1.165) is 30.0 Å². The zero-order valence-electron chi connectivity index (χ0n) is 20.0. The number of nitrogens with one attached hydrogen (secondary N) is 1. The number of amides is 3. The second kappa shape index (κ2) is 10.9. The molecule has 2 heterocycles. The van der Waals surface area contributed by atoms with Gasteiger partial charge in [-0.15, -0.1) is 0 Å². The van der Waals surface area contributed by atoms with Gasteiger partial charge < -0.3 is 19.9 Å². The van der Waals surface area contributed by atoms with Gasteiger partial charge in [-0.2, -0.15) is 0 Å². The summed E-state index contributed by atoms with van der Waals surface area (Å²) in [6.45, 7) is 5.93. The average molecular weight is 495 g/mol. The molecule has 0 unspecified atom stereocenters. The van der Waals surface area contributed by atoms with Crippen molar-refractivity contribution >= 4 is 46.4 Å². The average Bonchev–Trinajstić information content (AvgIpc) is 3.37. The van der Waals surface area contributed by atoms with Gasteiger partial charge in [-0.05, 0) is 74.4 Å². The Morgan fingerprint density at radius 3 is 2.40 bits per heavy atom. The van der Waals surface area contributed by atoms with Crippen molar-refractivity contribution in [3.8, 4) is 5.75 Å². The number of benzene rings is 2. The van der Waals surface area contributed by atoms with Crippen molar-refractivity contribution in [2.75, 3.05) is 29.9 Å². The SMILES string of the molecule is CCOc1ccc(NC(=O)C[C@H]2C(=O)N(CC)C(=S)N2Cc2ccc(N3CCCC3=O)cc2)cc1. The van der Waals surface area contributed by atoms with Gasteiger partial charge in [0, 0.05) is 37.4 Å². The molecule has 2 aromatic carbocycles. The fourth-order valence-electron chi connectivity index (χ4n) is 4.45. The summed E-state index contributed by atoms with van der Waals surface area (Å²) < 4.78 is 5.43. The van der Waals surface area contributed by atoms with E-state index in [1.807, 2.05) is 43.0 Å². The maximum atomic E-state index is 13.1. The number of rotatable bonds is 9. The standard InChI is InChI=1S/C26H30N4O4S/c1-3-28-25(33)22(16-23(31)27-19-9-13-21(14-10-19)34-4-2)30(26(28)35)17-18-7-11-20(12-8-18)29-15-5-6-24(29)32/h7-14,22H,3-6,15-17H2,1-2H3,(H,27,31)/t22-/m0/s1. The van der Waals surface area contributed by atoms with Gasteiger partial charge in [-0.3, -0.25) is 19.3 Å². The van der Waals surface area contributed by atoms with Gasteiger partial charge in [0.25, 0.3) is 5.91 Å². The van der Waals surface area contributed by atoms with E-state index in [0.29, 0.717) is 36.9 Å². The Morgan fingerprint density at radius 2 is 1.80 bits per heavy atom. The van der Waals surface area contributed by atoms with Crippen molar-refractivity contribution in [2.45, 2.75) is 45.7 Å². The normalized spacial score (nSPS) is 17.9. The third-order valence-corrected chi connectivity index (χ3v) is 6.68. The van der Waals surface area contributed by atoms with Gasteiger partial charge in [0.15, 0.2) is 5.11 Å². The van der Waals surface area contributed by atoms with Crippen molar-refractivity contribution in [3.05, 3.63) is 54.1 Å². The zero-order valence-corrected chi connectivity index (χ0v) is 20.8. The Labute approximate surface area is 210 Å². The Bertz CT molecular complexity index is 1100. The largest absolute Gasteiger partial charge is 0.494 e. The first-order chi connectivity index (χ1) is 16.9. The summed E-state index contributed by atoms with van der Waals surface area (Å²) in [6, 6.07) is 14.2. The van der Waals surface area contributed by atoms with Crippen LogP contribution < -0.4 is 15.0 Å². The molecule has 184 valence electrons. The van der Waals surface area contributed by atoms with E-state index in [1.54, 1.807) is 34.1 Å². The van der Waals surface area contributed by atoms with E-state index < -0.39 is 6.04 Å². The molecular formula is C26H30N4O4S. The summed E-state index contributed by atoms with van der Waals surface area (Å²) >= 11 is 5.60. The highest BCUT2D eigenvalue weighted by Crippen LogP contribution is 2.26. The van der Waals surface area contributed by atoms with Crippen molar-refractivity contribution < 1.29 is 19.1 Å². The van der Waals surface area contributed by atoms with Crippen LogP contribution in [0.1, 0.15) is 38.7 Å². The lowest BCUT2D eigenvalue weighted by Crippen LogP contribution is -2.37. The summed E-state index contributed by atoms with van der Waals surface area (Å²) in [5.41, 5.74) is 2.46. The molecule has 0 aliphatic carbocycles. The highest BCUT2D eigenvalue weighted by atomic mass is 32.1. The van der Waals surface area contributed by atoms with Crippen LogP contribution in [0.4, 0.5) is 11.4 Å². The molecule has 0 saturated carbocycles. The highest BCUT2D eigenvalue weighted by molar-refractivity contribution is 7.80. The van der Waals surface area contributed by atoms with Crippen LogP contribution in [0.5, 0.6) is 5.75 Å². The molecule has 1 atom stereocenters. The summed E-state index contributed by atoms with van der Waals surface area (Å²) in [5, 5.41) is 3.29. The van der Waals surface area contributed by atoms with E-state index in [4.69, 9.17) is 17.0 Å². The lowest BCUT2D eigenvalue weighted by Gasteiger charge is -2.24. The number of ether oxygens (including phenoxy) is 1. The van der Waals surface area contributed by atoms with Crippen molar-refractivity contribution in [2.24, 2.45) is 0 Å². The maximum absolute atomic E-state index is 13.1. The van der Waals surface area contributed by atoms with Crippen molar-refractivity contribution in [1.82, 2.24) is 9.80 Å². The van der Waals surface area contributed by atoms with Crippen LogP contribution in [0.3, 0.4) is 0 Å². The second-order valence-electron chi connectivity index (χ2n) is 8.53. The summed E-state index contributed by atoms with van der Waals surface area (Å²) in [4.78, 5) is 43.1. The van der Waals surface area contributed by atoms with Gasteiger partial charge in [-0.1, -0.05) is 12.1 Å². The number of carbonyl (C=O) groups is 3. The van der Waals surface area contributed by atoms with E-state index in [9.17, 15) is 14.4 Å². The molecule has 4 rings (SSSR count). The molecule has 2 aromatic rings. The number of likely N-dealkylation sites (N-methyl/N-ethyl adjacent to an activating group) is 1. The van der Waals surface area contributed by atoms with Gasteiger partial charge in [0.2, 0.25) is 11.8 Å². The van der Waals surface area contributed by atoms with E-state index in [-0.39, 0.29) is 24.1 Å². The third-order valence-electron chi connectivity index (χ3n) is 6.22. The minimum Gasteiger partial charge on any atom is -0.494 e. The monoisotopic (exact) mass is 494 g/mol. The first kappa shape index (κ1) is 24.7. The fraction of sp³-hybridized carbons (Fsp3) is 0.385. The molecule has 2 aliphatic rings. The van der Waals surface area contributed by atoms with E-state index >= 15 is 0 Å². The van der Waals surface area contributed by atoms with Crippen LogP contribution in [0.2, 0.25) is 0 Å². The van der Waals surface area contributed by atoms with Gasteiger partial charge >= 0.3 is 0 Å². The predicted octanol–water partition coefficient (Wildman–Crippen LogP) is 3.56. The topological polar surface area (TPSA) is 82.2 Å². The Kier molecular flexibility index (Phi) is 7.65. The lowest BCUT2D eigenvalue weighted by molar-refractivity contribution is -0.130. The highest BCUT2D eigenvalue weighted by Gasteiger charge is 2.42. The van der Waals surface area contributed by atoms with E-state index in [2.05, 4.69) is 5.32 Å². The van der Waals surface area contributed by atoms with Crippen LogP contribution in [0.25, 0.3) is 0 Å². The molecule has 3 amide bonds. The van der Waals surface area contributed by atoms with Crippen LogP contribution in [0, 0.1) is 0 Å². The molecule has 0 spiro atoms. The Balaban J connectivity index is 1.45. The van der Waals surface area contributed by atoms with Gasteiger partial charge in [0.05, 0.1) is 13.0 Å². The molecule has 35 heavy (non-hydrogen) atoms. The molecule has 2 aliphatic heterocycles. The minimum atomic E-state index is -0.676. The molecule has 2 fully saturated rings. The Hall–Kier alpha value is -3.46. The number of hydrogen-bond donors (Lipinski definition) is 1. The maximum Gasteiger partial charge on any atom is 0.252 e. The van der Waals surface area contributed by atoms with Crippen LogP contribution >= 0.6 is 12.2 Å². The molecule has 0 radical (unpaired) electrons. The lowest BCUT2D eigenvalue weighted by atomic mass is 10.1. The second-order valence-corrected chi connectivity index (χ2v) is 8.90. The zero-order chi connectivity index (χ0) is 24.9. The third kappa shape index (κ3) is 5.45. The van der Waals surface area contributed by atoms with Gasteiger partial charge in [0.1, 0.15) is 11.8 Å². The van der Waals surface area contributed by atoms with Crippen molar-refractivity contribution in [1.29, 1.82) is 0 Å². The summed E-state index contributed by atoms with van der Waals surface area (Å²) in [5.74, 6) is 0.438. The number of anilines is 2. The molecular weight excluding hydrogens is 464 g/mol. The molecule has 8 nitrogen and oxygen atoms in total.